The van der Waals surface area contributed by atoms with Crippen molar-refractivity contribution in [2.24, 2.45) is 0 Å². The molecule has 0 heterocycles. The topological polar surface area (TPSA) is 26.3 Å². The van der Waals surface area contributed by atoms with Crippen LogP contribution in [0.5, 0.6) is 0 Å². The quantitative estimate of drug-likeness (QED) is 0.181. The lowest BCUT2D eigenvalue weighted by atomic mass is 10.1. The lowest BCUT2D eigenvalue weighted by Gasteiger charge is -2.29. The highest BCUT2D eigenvalue weighted by atomic mass is 16.5. The van der Waals surface area contributed by atoms with Crippen molar-refractivity contribution in [1.29, 1.82) is 0 Å². The average Bonchev–Trinajstić information content (AvgIpc) is 2.47. The molecule has 0 aliphatic rings. The third-order valence-corrected chi connectivity index (χ3v) is 4.32. The van der Waals surface area contributed by atoms with Crippen LogP contribution >= 0.6 is 0 Å². The molecule has 0 saturated heterocycles. The Bertz CT molecular complexity index is 324. The Morgan fingerprint density at radius 1 is 0.870 bits per heavy atom. The maximum Gasteiger partial charge on any atom is 0.333 e. The van der Waals surface area contributed by atoms with Gasteiger partial charge in [-0.2, -0.15) is 0 Å². The van der Waals surface area contributed by atoms with Crippen LogP contribution in [-0.2, 0) is 9.53 Å². The normalized spacial score (nSPS) is 11.5. The van der Waals surface area contributed by atoms with Gasteiger partial charge in [-0.05, 0) is 32.6 Å². The molecular weight excluding hydrogens is 286 g/mol. The summed E-state index contributed by atoms with van der Waals surface area (Å²) in [5.74, 6) is -0.259. The average molecular weight is 327 g/mol. The van der Waals surface area contributed by atoms with E-state index in [9.17, 15) is 4.79 Å². The van der Waals surface area contributed by atoms with Crippen LogP contribution in [0, 0.1) is 0 Å². The molecule has 0 aliphatic carbocycles. The standard InChI is InChI=1S/C20H40NO2/c1-6-16-21(4,5)17-14-12-10-8-7-9-11-13-15-18-23-20(22)19(2)3/h2,6-18H2,1,3-5H3/q+1. The first-order chi connectivity index (χ1) is 10.9. The van der Waals surface area contributed by atoms with Gasteiger partial charge in [-0.3, -0.25) is 0 Å². The van der Waals surface area contributed by atoms with E-state index in [1.165, 1.54) is 68.9 Å². The number of quaternary nitrogens is 1. The first-order valence-electron chi connectivity index (χ1n) is 9.53. The van der Waals surface area contributed by atoms with Crippen molar-refractivity contribution in [3.63, 3.8) is 0 Å². The van der Waals surface area contributed by atoms with Crippen molar-refractivity contribution < 1.29 is 14.0 Å². The van der Waals surface area contributed by atoms with Crippen molar-refractivity contribution in [2.45, 2.75) is 78.1 Å². The molecular formula is C20H40NO2+. The van der Waals surface area contributed by atoms with Gasteiger partial charge in [-0.25, -0.2) is 4.79 Å². The molecule has 0 aliphatic heterocycles. The lowest BCUT2D eigenvalue weighted by molar-refractivity contribution is -0.890. The van der Waals surface area contributed by atoms with Crippen LogP contribution in [0.25, 0.3) is 0 Å². The number of carbonyl (C=O) groups is 1. The molecule has 3 nitrogen and oxygen atoms in total. The van der Waals surface area contributed by atoms with Crippen LogP contribution in [0.15, 0.2) is 12.2 Å². The minimum Gasteiger partial charge on any atom is -0.462 e. The molecule has 0 aromatic rings. The fraction of sp³-hybridized carbons (Fsp3) is 0.850. The molecule has 0 aromatic carbocycles. The number of nitrogens with zero attached hydrogens (tertiary/aromatic N) is 1. The molecule has 0 saturated carbocycles. The molecule has 136 valence electrons. The predicted molar refractivity (Wildman–Crippen MR) is 99.5 cm³/mol. The fourth-order valence-corrected chi connectivity index (χ4v) is 2.88. The third kappa shape index (κ3) is 14.5. The largest absolute Gasteiger partial charge is 0.462 e. The van der Waals surface area contributed by atoms with Crippen molar-refractivity contribution in [3.8, 4) is 0 Å². The molecule has 0 N–H and O–H groups in total. The monoisotopic (exact) mass is 326 g/mol. The molecule has 0 spiro atoms. The highest BCUT2D eigenvalue weighted by molar-refractivity contribution is 5.86. The zero-order valence-corrected chi connectivity index (χ0v) is 16.2. The summed E-state index contributed by atoms with van der Waals surface area (Å²) in [6, 6.07) is 0. The molecule has 0 bridgehead atoms. The van der Waals surface area contributed by atoms with Gasteiger partial charge in [-0.1, -0.05) is 52.0 Å². The van der Waals surface area contributed by atoms with Gasteiger partial charge in [0.05, 0.1) is 33.8 Å². The number of esters is 1. The van der Waals surface area contributed by atoms with E-state index in [2.05, 4.69) is 27.6 Å². The summed E-state index contributed by atoms with van der Waals surface area (Å²) in [7, 11) is 4.69. The Balaban J connectivity index is 3.25. The van der Waals surface area contributed by atoms with Gasteiger partial charge < -0.3 is 9.22 Å². The van der Waals surface area contributed by atoms with Gasteiger partial charge in [0, 0.05) is 5.57 Å². The molecule has 0 rings (SSSR count). The lowest BCUT2D eigenvalue weighted by Crippen LogP contribution is -2.40. The van der Waals surface area contributed by atoms with Gasteiger partial charge >= 0.3 is 5.97 Å². The molecule has 0 amide bonds. The SMILES string of the molecule is C=C(C)C(=O)OCCCCCCCCCCC[N+](C)(C)CCC. The van der Waals surface area contributed by atoms with Gasteiger partial charge in [0.25, 0.3) is 0 Å². The van der Waals surface area contributed by atoms with E-state index in [1.54, 1.807) is 6.92 Å². The van der Waals surface area contributed by atoms with E-state index < -0.39 is 0 Å². The maximum absolute atomic E-state index is 11.2. The van der Waals surface area contributed by atoms with E-state index in [-0.39, 0.29) is 5.97 Å². The van der Waals surface area contributed by atoms with Crippen LogP contribution in [0.3, 0.4) is 0 Å². The highest BCUT2D eigenvalue weighted by Crippen LogP contribution is 2.11. The first kappa shape index (κ1) is 22.2. The Morgan fingerprint density at radius 2 is 1.35 bits per heavy atom. The van der Waals surface area contributed by atoms with Crippen molar-refractivity contribution in [2.75, 3.05) is 33.8 Å². The van der Waals surface area contributed by atoms with E-state index in [0.29, 0.717) is 12.2 Å². The van der Waals surface area contributed by atoms with Gasteiger partial charge in [0.2, 0.25) is 0 Å². The summed E-state index contributed by atoms with van der Waals surface area (Å²) >= 11 is 0. The predicted octanol–water partition coefficient (Wildman–Crippen LogP) is 5.10. The van der Waals surface area contributed by atoms with Gasteiger partial charge in [0.1, 0.15) is 0 Å². The second-order valence-corrected chi connectivity index (χ2v) is 7.48. The number of carbonyl (C=O) groups excluding carboxylic acids is 1. The molecule has 0 fully saturated rings. The van der Waals surface area contributed by atoms with Crippen LogP contribution in [0.1, 0.15) is 78.1 Å². The number of ether oxygens (including phenoxy) is 1. The van der Waals surface area contributed by atoms with Crippen LogP contribution in [-0.4, -0.2) is 44.2 Å². The van der Waals surface area contributed by atoms with Gasteiger partial charge in [0.15, 0.2) is 0 Å². The smallest absolute Gasteiger partial charge is 0.333 e. The molecule has 0 aromatic heterocycles. The molecule has 0 radical (unpaired) electrons. The molecule has 3 heteroatoms. The molecule has 23 heavy (non-hydrogen) atoms. The summed E-state index contributed by atoms with van der Waals surface area (Å²) in [5.41, 5.74) is 0.488. The summed E-state index contributed by atoms with van der Waals surface area (Å²) in [6.45, 7) is 10.7. The van der Waals surface area contributed by atoms with Crippen molar-refractivity contribution in [1.82, 2.24) is 0 Å². The van der Waals surface area contributed by atoms with Crippen LogP contribution in [0.2, 0.25) is 0 Å². The fourth-order valence-electron chi connectivity index (χ4n) is 2.88. The van der Waals surface area contributed by atoms with Crippen LogP contribution < -0.4 is 0 Å². The minimum absolute atomic E-state index is 0.259. The summed E-state index contributed by atoms with van der Waals surface area (Å²) in [4.78, 5) is 11.2. The molecule has 0 atom stereocenters. The van der Waals surface area contributed by atoms with E-state index in [1.807, 2.05) is 0 Å². The summed E-state index contributed by atoms with van der Waals surface area (Å²) in [5, 5.41) is 0. The number of rotatable bonds is 15. The summed E-state index contributed by atoms with van der Waals surface area (Å²) in [6.07, 6.45) is 12.8. The zero-order valence-electron chi connectivity index (χ0n) is 16.2. The Kier molecular flexibility index (Phi) is 13.1. The number of hydrogen-bond acceptors (Lipinski definition) is 2. The Labute approximate surface area is 144 Å². The number of hydrogen-bond donors (Lipinski definition) is 0. The van der Waals surface area contributed by atoms with E-state index in [4.69, 9.17) is 4.74 Å². The van der Waals surface area contributed by atoms with E-state index >= 15 is 0 Å². The van der Waals surface area contributed by atoms with Crippen LogP contribution in [0.4, 0.5) is 0 Å². The third-order valence-electron chi connectivity index (χ3n) is 4.32. The second-order valence-electron chi connectivity index (χ2n) is 7.48. The Morgan fingerprint density at radius 3 is 1.83 bits per heavy atom. The Hall–Kier alpha value is -0.830. The zero-order chi connectivity index (χ0) is 17.6. The first-order valence-corrected chi connectivity index (χ1v) is 9.53. The van der Waals surface area contributed by atoms with Crippen molar-refractivity contribution >= 4 is 5.97 Å². The maximum atomic E-state index is 11.2. The molecule has 0 unspecified atom stereocenters. The minimum atomic E-state index is -0.259. The van der Waals surface area contributed by atoms with E-state index in [0.717, 1.165) is 12.8 Å². The number of unbranched alkanes of at least 4 members (excludes halogenated alkanes) is 8. The van der Waals surface area contributed by atoms with Crippen molar-refractivity contribution in [3.05, 3.63) is 12.2 Å². The summed E-state index contributed by atoms with van der Waals surface area (Å²) < 4.78 is 6.25. The van der Waals surface area contributed by atoms with Gasteiger partial charge in [-0.15, -0.1) is 0 Å². The second kappa shape index (κ2) is 13.6. The highest BCUT2D eigenvalue weighted by Gasteiger charge is 2.11.